The van der Waals surface area contributed by atoms with Crippen LogP contribution in [0.2, 0.25) is 0 Å². The van der Waals surface area contributed by atoms with Crippen molar-refractivity contribution in [2.24, 2.45) is 5.92 Å². The summed E-state index contributed by atoms with van der Waals surface area (Å²) in [7, 11) is 1.65. The Morgan fingerprint density at radius 1 is 1.39 bits per heavy atom. The first-order valence-corrected chi connectivity index (χ1v) is 10.6. The Morgan fingerprint density at radius 3 is 2.89 bits per heavy atom. The molecule has 0 unspecified atom stereocenters. The number of morpholine rings is 1. The summed E-state index contributed by atoms with van der Waals surface area (Å²) >= 11 is 1.55. The molecule has 6 nitrogen and oxygen atoms in total. The molecule has 1 aromatic carbocycles. The summed E-state index contributed by atoms with van der Waals surface area (Å²) in [5.74, 6) is 1.44. The van der Waals surface area contributed by atoms with Gasteiger partial charge in [0.2, 0.25) is 5.91 Å². The highest BCUT2D eigenvalue weighted by Gasteiger charge is 2.21. The van der Waals surface area contributed by atoms with Crippen molar-refractivity contribution in [3.05, 3.63) is 35.3 Å². The van der Waals surface area contributed by atoms with Gasteiger partial charge in [-0.25, -0.2) is 4.98 Å². The minimum Gasteiger partial charge on any atom is -0.497 e. The molecule has 0 radical (unpaired) electrons. The van der Waals surface area contributed by atoms with Crippen LogP contribution in [0.1, 0.15) is 19.5 Å². The SMILES string of the molecule is COc1ccc(-c2nc(CC(=O)NC[C@H]3CN(CC(C)C)CCO3)cs2)cc1. The number of nitrogens with one attached hydrogen (secondary N) is 1. The van der Waals surface area contributed by atoms with Gasteiger partial charge in [-0.2, -0.15) is 0 Å². The van der Waals surface area contributed by atoms with Crippen molar-refractivity contribution >= 4 is 17.2 Å². The summed E-state index contributed by atoms with van der Waals surface area (Å²) in [5.41, 5.74) is 1.82. The fourth-order valence-electron chi connectivity index (χ4n) is 3.30. The van der Waals surface area contributed by atoms with Crippen molar-refractivity contribution < 1.29 is 14.3 Å². The van der Waals surface area contributed by atoms with Crippen LogP contribution in [-0.2, 0) is 16.0 Å². The highest BCUT2D eigenvalue weighted by atomic mass is 32.1. The van der Waals surface area contributed by atoms with Gasteiger partial charge in [0.25, 0.3) is 0 Å². The molecule has 2 aromatic rings. The van der Waals surface area contributed by atoms with Gasteiger partial charge in [0.05, 0.1) is 31.9 Å². The van der Waals surface area contributed by atoms with Crippen LogP contribution < -0.4 is 10.1 Å². The second-order valence-corrected chi connectivity index (χ2v) is 8.36. The number of ether oxygens (including phenoxy) is 2. The molecule has 152 valence electrons. The van der Waals surface area contributed by atoms with Crippen molar-refractivity contribution in [2.75, 3.05) is 39.9 Å². The Balaban J connectivity index is 1.46. The summed E-state index contributed by atoms with van der Waals surface area (Å²) in [4.78, 5) is 19.3. The van der Waals surface area contributed by atoms with Gasteiger partial charge in [-0.3, -0.25) is 9.69 Å². The monoisotopic (exact) mass is 403 g/mol. The summed E-state index contributed by atoms with van der Waals surface area (Å²) in [6.45, 7) is 8.63. The van der Waals surface area contributed by atoms with E-state index in [0.717, 1.165) is 48.3 Å². The van der Waals surface area contributed by atoms with Crippen LogP contribution >= 0.6 is 11.3 Å². The van der Waals surface area contributed by atoms with E-state index in [-0.39, 0.29) is 18.4 Å². The Morgan fingerprint density at radius 2 is 2.18 bits per heavy atom. The number of rotatable bonds is 8. The maximum atomic E-state index is 12.3. The zero-order valence-corrected chi connectivity index (χ0v) is 17.6. The molecule has 1 N–H and O–H groups in total. The molecule has 1 aliphatic rings. The van der Waals surface area contributed by atoms with Gasteiger partial charge in [-0.1, -0.05) is 13.8 Å². The van der Waals surface area contributed by atoms with Crippen LogP contribution in [0, 0.1) is 5.92 Å². The van der Waals surface area contributed by atoms with E-state index in [1.54, 1.807) is 18.4 Å². The van der Waals surface area contributed by atoms with E-state index in [0.29, 0.717) is 12.5 Å². The third-order valence-electron chi connectivity index (χ3n) is 4.60. The average Bonchev–Trinajstić information content (AvgIpc) is 3.14. The largest absolute Gasteiger partial charge is 0.497 e. The summed E-state index contributed by atoms with van der Waals surface area (Å²) in [6.07, 6.45) is 0.344. The smallest absolute Gasteiger partial charge is 0.226 e. The molecule has 2 heterocycles. The van der Waals surface area contributed by atoms with Crippen LogP contribution in [0.5, 0.6) is 5.75 Å². The van der Waals surface area contributed by atoms with Gasteiger partial charge in [0, 0.05) is 37.1 Å². The number of carbonyl (C=O) groups is 1. The second-order valence-electron chi connectivity index (χ2n) is 7.50. The van der Waals surface area contributed by atoms with Crippen LogP contribution in [-0.4, -0.2) is 61.8 Å². The molecule has 1 saturated heterocycles. The lowest BCUT2D eigenvalue weighted by Crippen LogP contribution is -2.48. The molecular weight excluding hydrogens is 374 g/mol. The number of amides is 1. The second kappa shape index (κ2) is 10.0. The quantitative estimate of drug-likeness (QED) is 0.734. The van der Waals surface area contributed by atoms with Gasteiger partial charge < -0.3 is 14.8 Å². The van der Waals surface area contributed by atoms with Crippen molar-refractivity contribution in [1.29, 1.82) is 0 Å². The molecule has 7 heteroatoms. The van der Waals surface area contributed by atoms with E-state index >= 15 is 0 Å². The third-order valence-corrected chi connectivity index (χ3v) is 5.54. The number of benzene rings is 1. The normalized spacial score (nSPS) is 17.6. The van der Waals surface area contributed by atoms with E-state index in [9.17, 15) is 4.79 Å². The lowest BCUT2D eigenvalue weighted by atomic mass is 10.2. The topological polar surface area (TPSA) is 63.7 Å². The molecule has 0 aliphatic carbocycles. The minimum atomic E-state index is -0.0174. The first kappa shape index (κ1) is 20.8. The van der Waals surface area contributed by atoms with Crippen molar-refractivity contribution in [3.63, 3.8) is 0 Å². The average molecular weight is 404 g/mol. The van der Waals surface area contributed by atoms with Crippen molar-refractivity contribution in [1.82, 2.24) is 15.2 Å². The summed E-state index contributed by atoms with van der Waals surface area (Å²) in [5, 5.41) is 5.85. The molecule has 1 aromatic heterocycles. The van der Waals surface area contributed by atoms with Crippen LogP contribution in [0.4, 0.5) is 0 Å². The van der Waals surface area contributed by atoms with E-state index in [1.165, 1.54) is 0 Å². The zero-order valence-electron chi connectivity index (χ0n) is 16.8. The number of hydrogen-bond donors (Lipinski definition) is 1. The predicted octanol–water partition coefficient (Wildman–Crippen LogP) is 2.83. The number of nitrogens with zero attached hydrogens (tertiary/aromatic N) is 2. The molecule has 0 saturated carbocycles. The Kier molecular flexibility index (Phi) is 7.42. The number of methoxy groups -OCH3 is 1. The molecule has 1 atom stereocenters. The van der Waals surface area contributed by atoms with E-state index in [4.69, 9.17) is 9.47 Å². The molecule has 1 aliphatic heterocycles. The first-order chi connectivity index (χ1) is 13.5. The number of aromatic nitrogens is 1. The zero-order chi connectivity index (χ0) is 19.9. The highest BCUT2D eigenvalue weighted by Crippen LogP contribution is 2.25. The number of carbonyl (C=O) groups excluding carboxylic acids is 1. The Bertz CT molecular complexity index is 761. The van der Waals surface area contributed by atoms with E-state index < -0.39 is 0 Å². The molecule has 0 bridgehead atoms. The lowest BCUT2D eigenvalue weighted by molar-refractivity contribution is -0.121. The van der Waals surface area contributed by atoms with Crippen LogP contribution in [0.3, 0.4) is 0 Å². The lowest BCUT2D eigenvalue weighted by Gasteiger charge is -2.33. The van der Waals surface area contributed by atoms with Gasteiger partial charge >= 0.3 is 0 Å². The van der Waals surface area contributed by atoms with Gasteiger partial charge in [0.15, 0.2) is 0 Å². The standard InChI is InChI=1S/C21H29N3O3S/c1-15(2)12-24-8-9-27-19(13-24)11-22-20(25)10-17-14-28-21(23-17)16-4-6-18(26-3)7-5-16/h4-7,14-15,19H,8-13H2,1-3H3,(H,22,25)/t19-/m0/s1. The summed E-state index contributed by atoms with van der Waals surface area (Å²) in [6, 6.07) is 7.78. The predicted molar refractivity (Wildman–Crippen MR) is 112 cm³/mol. The van der Waals surface area contributed by atoms with E-state index in [2.05, 4.69) is 29.0 Å². The molecule has 28 heavy (non-hydrogen) atoms. The molecular formula is C21H29N3O3S. The van der Waals surface area contributed by atoms with Crippen molar-refractivity contribution in [2.45, 2.75) is 26.4 Å². The molecule has 1 fully saturated rings. The Hall–Kier alpha value is -1.96. The number of hydrogen-bond acceptors (Lipinski definition) is 6. The highest BCUT2D eigenvalue weighted by molar-refractivity contribution is 7.13. The molecule has 3 rings (SSSR count). The van der Waals surface area contributed by atoms with E-state index in [1.807, 2.05) is 29.6 Å². The summed E-state index contributed by atoms with van der Waals surface area (Å²) < 4.78 is 11.0. The Labute approximate surface area is 170 Å². The van der Waals surface area contributed by atoms with Gasteiger partial charge in [-0.15, -0.1) is 11.3 Å². The first-order valence-electron chi connectivity index (χ1n) is 9.73. The fourth-order valence-corrected chi connectivity index (χ4v) is 4.12. The fraction of sp³-hybridized carbons (Fsp3) is 0.524. The maximum Gasteiger partial charge on any atom is 0.226 e. The van der Waals surface area contributed by atoms with Crippen LogP contribution in [0.25, 0.3) is 10.6 Å². The van der Waals surface area contributed by atoms with Crippen LogP contribution in [0.15, 0.2) is 29.6 Å². The van der Waals surface area contributed by atoms with Gasteiger partial charge in [-0.05, 0) is 30.2 Å². The third kappa shape index (κ3) is 6.02. The van der Waals surface area contributed by atoms with Gasteiger partial charge in [0.1, 0.15) is 10.8 Å². The minimum absolute atomic E-state index is 0.0174. The maximum absolute atomic E-state index is 12.3. The number of thiazole rings is 1. The molecule has 0 spiro atoms. The van der Waals surface area contributed by atoms with Crippen molar-refractivity contribution in [3.8, 4) is 16.3 Å². The molecule has 1 amide bonds.